The second kappa shape index (κ2) is 1.45. The molecule has 58 valence electrons. The molecule has 3 nitrogen and oxygen atoms in total. The van der Waals surface area contributed by atoms with Crippen LogP contribution in [0.1, 0.15) is 0 Å². The van der Waals surface area contributed by atoms with Gasteiger partial charge in [0, 0.05) is 25.0 Å². The van der Waals surface area contributed by atoms with Crippen molar-refractivity contribution < 1.29 is 0 Å². The molecule has 0 radical (unpaired) electrons. The van der Waals surface area contributed by atoms with Gasteiger partial charge >= 0.3 is 0 Å². The second-order valence-electron chi connectivity index (χ2n) is 4.13. The number of nitriles is 1. The zero-order valence-electron chi connectivity index (χ0n) is 6.33. The largest absolute Gasteiger partial charge is 0.315 e. The number of hydrogen-bond acceptors (Lipinski definition) is 3. The quantitative estimate of drug-likeness (QED) is 0.541. The maximum Gasteiger partial charge on any atom is 0.100 e. The van der Waals surface area contributed by atoms with Crippen LogP contribution in [0.15, 0.2) is 0 Å². The fourth-order valence-electron chi connectivity index (χ4n) is 3.29. The first-order chi connectivity index (χ1) is 5.29. The van der Waals surface area contributed by atoms with Gasteiger partial charge in [-0.15, -0.1) is 0 Å². The van der Waals surface area contributed by atoms with E-state index in [2.05, 4.69) is 11.0 Å². The van der Waals surface area contributed by atoms with Crippen LogP contribution in [0.5, 0.6) is 0 Å². The number of nitrogens with two attached hydrogens (primary N) is 1. The molecule has 3 unspecified atom stereocenters. The zero-order chi connectivity index (χ0) is 7.64. The minimum atomic E-state index is -0.204. The molecule has 0 aromatic carbocycles. The lowest BCUT2D eigenvalue weighted by molar-refractivity contribution is 0.386. The van der Waals surface area contributed by atoms with Gasteiger partial charge in [-0.2, -0.15) is 5.26 Å². The van der Waals surface area contributed by atoms with Crippen LogP contribution in [0.25, 0.3) is 0 Å². The molecule has 1 aliphatic carbocycles. The minimum absolute atomic E-state index is 0.204. The first-order valence-corrected chi connectivity index (χ1v) is 4.16. The van der Waals surface area contributed by atoms with Gasteiger partial charge in [-0.05, 0) is 11.8 Å². The van der Waals surface area contributed by atoms with Crippen LogP contribution in [0.4, 0.5) is 0 Å². The molecule has 3 atom stereocenters. The maximum absolute atomic E-state index is 8.73. The van der Waals surface area contributed by atoms with Gasteiger partial charge in [0.15, 0.2) is 0 Å². The predicted octanol–water partition coefficient (Wildman–Crippen LogP) is -0.601. The number of nitrogens with zero attached hydrogens (tertiary/aromatic N) is 2. The first kappa shape index (κ1) is 5.99. The van der Waals surface area contributed by atoms with Crippen LogP contribution >= 0.6 is 0 Å². The molecule has 0 spiro atoms. The molecule has 0 amide bonds. The van der Waals surface area contributed by atoms with Gasteiger partial charge in [-0.1, -0.05) is 0 Å². The average molecular weight is 149 g/mol. The van der Waals surface area contributed by atoms with E-state index >= 15 is 0 Å². The predicted molar refractivity (Wildman–Crippen MR) is 39.4 cm³/mol. The van der Waals surface area contributed by atoms with Crippen molar-refractivity contribution >= 4 is 0 Å². The van der Waals surface area contributed by atoms with E-state index < -0.39 is 0 Å². The minimum Gasteiger partial charge on any atom is -0.315 e. The van der Waals surface area contributed by atoms with Crippen molar-refractivity contribution in [1.29, 1.82) is 5.26 Å². The summed E-state index contributed by atoms with van der Waals surface area (Å²) >= 11 is 0. The summed E-state index contributed by atoms with van der Waals surface area (Å²) in [5.41, 5.74) is 6.03. The molecule has 4 rings (SSSR count). The van der Waals surface area contributed by atoms with Crippen molar-refractivity contribution in [2.45, 2.75) is 6.04 Å². The third kappa shape index (κ3) is 0.436. The van der Waals surface area contributed by atoms with Crippen LogP contribution in [0, 0.1) is 28.6 Å². The summed E-state index contributed by atoms with van der Waals surface area (Å²) in [4.78, 5) is 2.44. The Morgan fingerprint density at radius 1 is 1.55 bits per heavy atom. The van der Waals surface area contributed by atoms with E-state index in [0.29, 0.717) is 0 Å². The molecule has 11 heavy (non-hydrogen) atoms. The monoisotopic (exact) mass is 149 g/mol. The van der Waals surface area contributed by atoms with Crippen molar-refractivity contribution in [3.8, 4) is 6.07 Å². The molecular formula is C8H11N3. The summed E-state index contributed by atoms with van der Waals surface area (Å²) < 4.78 is 0. The molecule has 3 saturated heterocycles. The third-order valence-corrected chi connectivity index (χ3v) is 3.88. The molecule has 0 aromatic heterocycles. The van der Waals surface area contributed by atoms with Crippen LogP contribution in [-0.2, 0) is 0 Å². The summed E-state index contributed by atoms with van der Waals surface area (Å²) in [6.07, 6.45) is 0. The fraction of sp³-hybridized carbons (Fsp3) is 0.875. The van der Waals surface area contributed by atoms with Crippen molar-refractivity contribution in [2.24, 2.45) is 23.0 Å². The molecule has 4 aliphatic rings. The van der Waals surface area contributed by atoms with Crippen LogP contribution in [0.3, 0.4) is 0 Å². The van der Waals surface area contributed by atoms with Crippen molar-refractivity contribution in [3.05, 3.63) is 0 Å². The van der Waals surface area contributed by atoms with E-state index in [4.69, 9.17) is 11.0 Å². The molecule has 4 bridgehead atoms. The molecule has 3 aliphatic heterocycles. The highest BCUT2D eigenvalue weighted by Gasteiger charge is 2.76. The normalized spacial score (nSPS) is 59.1. The van der Waals surface area contributed by atoms with Crippen molar-refractivity contribution in [2.75, 3.05) is 19.6 Å². The van der Waals surface area contributed by atoms with Gasteiger partial charge in [0.25, 0.3) is 0 Å². The molecular weight excluding hydrogens is 138 g/mol. The van der Waals surface area contributed by atoms with Crippen LogP contribution < -0.4 is 5.73 Å². The lowest BCUT2D eigenvalue weighted by atomic mass is 9.96. The Balaban J connectivity index is 1.96. The third-order valence-electron chi connectivity index (χ3n) is 3.88. The first-order valence-electron chi connectivity index (χ1n) is 4.16. The Bertz CT molecular complexity index is 243. The summed E-state index contributed by atoms with van der Waals surface area (Å²) in [5, 5.41) is 8.73. The Labute approximate surface area is 65.8 Å². The van der Waals surface area contributed by atoms with Gasteiger partial charge in [0.2, 0.25) is 0 Å². The summed E-state index contributed by atoms with van der Waals surface area (Å²) in [6.45, 7) is 3.51. The molecule has 4 fully saturated rings. The van der Waals surface area contributed by atoms with E-state index in [1.54, 1.807) is 0 Å². The van der Waals surface area contributed by atoms with Crippen molar-refractivity contribution in [1.82, 2.24) is 4.90 Å². The average Bonchev–Trinajstić information content (AvgIpc) is 2.57. The highest BCUT2D eigenvalue weighted by atomic mass is 15.3. The fourth-order valence-corrected chi connectivity index (χ4v) is 3.29. The SMILES string of the molecule is N#CC(N)C12CN3CC1C2C3. The number of piperidine rings is 3. The standard InChI is InChI=1S/C8H11N3/c9-1-7(10)8-4-11-2-5(8)6(8)3-11/h5-7H,2-4,10H2. The van der Waals surface area contributed by atoms with E-state index in [9.17, 15) is 0 Å². The van der Waals surface area contributed by atoms with Crippen molar-refractivity contribution in [3.63, 3.8) is 0 Å². The topological polar surface area (TPSA) is 53.1 Å². The van der Waals surface area contributed by atoms with E-state index in [-0.39, 0.29) is 11.5 Å². The van der Waals surface area contributed by atoms with Gasteiger partial charge in [-0.3, -0.25) is 0 Å². The Morgan fingerprint density at radius 2 is 2.18 bits per heavy atom. The smallest absolute Gasteiger partial charge is 0.100 e. The van der Waals surface area contributed by atoms with E-state index in [1.165, 1.54) is 13.1 Å². The van der Waals surface area contributed by atoms with Crippen LogP contribution in [-0.4, -0.2) is 30.6 Å². The van der Waals surface area contributed by atoms with Gasteiger partial charge in [0.1, 0.15) is 6.04 Å². The van der Waals surface area contributed by atoms with E-state index in [1.807, 2.05) is 0 Å². The number of rotatable bonds is 1. The molecule has 3 heterocycles. The molecule has 0 aromatic rings. The molecule has 1 saturated carbocycles. The Hall–Kier alpha value is -0.590. The summed E-state index contributed by atoms with van der Waals surface area (Å²) in [5.74, 6) is 1.55. The van der Waals surface area contributed by atoms with Gasteiger partial charge in [-0.25, -0.2) is 0 Å². The Kier molecular flexibility index (Phi) is 0.790. The van der Waals surface area contributed by atoms with Crippen LogP contribution in [0.2, 0.25) is 0 Å². The number of hydrogen-bond donors (Lipinski definition) is 1. The highest BCUT2D eigenvalue weighted by molar-refractivity contribution is 5.30. The Morgan fingerprint density at radius 3 is 2.55 bits per heavy atom. The highest BCUT2D eigenvalue weighted by Crippen LogP contribution is 2.69. The zero-order valence-corrected chi connectivity index (χ0v) is 6.33. The molecule has 2 N–H and O–H groups in total. The van der Waals surface area contributed by atoms with Gasteiger partial charge < -0.3 is 10.6 Å². The second-order valence-corrected chi connectivity index (χ2v) is 4.13. The van der Waals surface area contributed by atoms with Gasteiger partial charge in [0.05, 0.1) is 6.07 Å². The lowest BCUT2D eigenvalue weighted by Gasteiger charge is -2.12. The lowest BCUT2D eigenvalue weighted by Crippen LogP contribution is -2.33. The maximum atomic E-state index is 8.73. The molecule has 3 heteroatoms. The summed E-state index contributed by atoms with van der Waals surface area (Å²) in [6, 6.07) is 1.99. The summed E-state index contributed by atoms with van der Waals surface area (Å²) in [7, 11) is 0. The van der Waals surface area contributed by atoms with E-state index in [0.717, 1.165) is 18.4 Å².